The lowest BCUT2D eigenvalue weighted by Crippen LogP contribution is -2.46. The van der Waals surface area contributed by atoms with Crippen LogP contribution in [0, 0.1) is 11.8 Å². The summed E-state index contributed by atoms with van der Waals surface area (Å²) in [5.41, 5.74) is 0. The van der Waals surface area contributed by atoms with Gasteiger partial charge >= 0.3 is 5.97 Å². The molecule has 170 valence electrons. The maximum atomic E-state index is 11.1. The van der Waals surface area contributed by atoms with Crippen molar-refractivity contribution in [3.8, 4) is 0 Å². The van der Waals surface area contributed by atoms with E-state index in [0.717, 1.165) is 0 Å². The van der Waals surface area contributed by atoms with E-state index in [2.05, 4.69) is 13.2 Å². The number of aliphatic carboxylic acids is 1. The van der Waals surface area contributed by atoms with Gasteiger partial charge in [-0.1, -0.05) is 13.2 Å². The van der Waals surface area contributed by atoms with Crippen molar-refractivity contribution in [3.05, 3.63) is 25.3 Å². The van der Waals surface area contributed by atoms with E-state index in [1.165, 1.54) is 0 Å². The summed E-state index contributed by atoms with van der Waals surface area (Å²) in [5.74, 6) is -2.86. The van der Waals surface area contributed by atoms with Gasteiger partial charge in [0.15, 0.2) is 6.54 Å². The molecule has 0 saturated carbocycles. The van der Waals surface area contributed by atoms with Gasteiger partial charge in [-0.15, -0.1) is 0 Å². The number of rotatable bonds is 10. The van der Waals surface area contributed by atoms with Gasteiger partial charge < -0.3 is 14.1 Å². The molecule has 3 N–H and O–H groups in total. The molecule has 1 aliphatic heterocycles. The lowest BCUT2D eigenvalue weighted by Gasteiger charge is -2.32. The average Bonchev–Trinajstić information content (AvgIpc) is 2.70. The third kappa shape index (κ3) is 12.8. The van der Waals surface area contributed by atoms with Gasteiger partial charge in [0.2, 0.25) is 0 Å². The van der Waals surface area contributed by atoms with Gasteiger partial charge in [0.25, 0.3) is 20.2 Å². The van der Waals surface area contributed by atoms with Gasteiger partial charge in [-0.25, -0.2) is 4.79 Å². The second-order valence-corrected chi connectivity index (χ2v) is 11.5. The molecule has 0 bridgehead atoms. The monoisotopic (exact) mass is 458 g/mol. The molecular formula is C17H34N2O8S2+2. The molecule has 0 aromatic rings. The fourth-order valence-electron chi connectivity index (χ4n) is 3.61. The Labute approximate surface area is 173 Å². The van der Waals surface area contributed by atoms with Crippen molar-refractivity contribution in [1.29, 1.82) is 0 Å². The Bertz CT molecular complexity index is 731. The van der Waals surface area contributed by atoms with Crippen LogP contribution in [0.25, 0.3) is 0 Å². The van der Waals surface area contributed by atoms with Crippen molar-refractivity contribution in [2.24, 2.45) is 11.8 Å². The molecule has 0 spiro atoms. The quantitative estimate of drug-likeness (QED) is 0.235. The van der Waals surface area contributed by atoms with E-state index in [1.807, 2.05) is 21.1 Å². The van der Waals surface area contributed by atoms with Crippen molar-refractivity contribution in [2.75, 3.05) is 65.4 Å². The van der Waals surface area contributed by atoms with Gasteiger partial charge in [-0.05, 0) is 12.2 Å². The molecule has 0 aromatic heterocycles. The zero-order valence-corrected chi connectivity index (χ0v) is 18.9. The molecule has 12 heteroatoms. The predicted molar refractivity (Wildman–Crippen MR) is 110 cm³/mol. The van der Waals surface area contributed by atoms with E-state index >= 15 is 0 Å². The summed E-state index contributed by atoms with van der Waals surface area (Å²) in [7, 11) is -2.90. The minimum absolute atomic E-state index is 0.181. The number of likely N-dealkylation sites (N-methyl/N-ethyl adjacent to an activating group) is 1. The molecule has 0 aromatic carbocycles. The number of likely N-dealkylation sites (tertiary alicyclic amines) is 1. The zero-order chi connectivity index (χ0) is 23.1. The molecule has 29 heavy (non-hydrogen) atoms. The van der Waals surface area contributed by atoms with Crippen LogP contribution in [-0.2, 0) is 25.0 Å². The van der Waals surface area contributed by atoms with Crippen molar-refractivity contribution >= 4 is 26.2 Å². The zero-order valence-electron chi connectivity index (χ0n) is 17.3. The first-order chi connectivity index (χ1) is 12.9. The lowest BCUT2D eigenvalue weighted by molar-refractivity contribution is -0.908. The Kier molecular flexibility index (Phi) is 10.2. The first-order valence-electron chi connectivity index (χ1n) is 8.91. The summed E-state index contributed by atoms with van der Waals surface area (Å²) in [4.78, 5) is 10.00. The van der Waals surface area contributed by atoms with E-state index in [4.69, 9.17) is 14.2 Å². The second-order valence-electron chi connectivity index (χ2n) is 8.51. The Morgan fingerprint density at radius 3 is 1.48 bits per heavy atom. The Morgan fingerprint density at radius 1 is 0.966 bits per heavy atom. The van der Waals surface area contributed by atoms with E-state index < -0.39 is 49.5 Å². The molecule has 2 unspecified atom stereocenters. The number of hydrogen-bond donors (Lipinski definition) is 3. The van der Waals surface area contributed by atoms with Crippen LogP contribution in [0.3, 0.4) is 0 Å². The third-order valence-electron chi connectivity index (χ3n) is 4.40. The highest BCUT2D eigenvalue weighted by molar-refractivity contribution is 7.86. The van der Waals surface area contributed by atoms with Crippen LogP contribution in [-0.4, -0.2) is 111 Å². The number of hydrogen-bond acceptors (Lipinski definition) is 5. The summed E-state index contributed by atoms with van der Waals surface area (Å²) in [6.45, 7) is 9.36. The van der Waals surface area contributed by atoms with E-state index in [1.54, 1.807) is 12.2 Å². The van der Waals surface area contributed by atoms with Gasteiger partial charge in [0, 0.05) is 11.8 Å². The fourth-order valence-corrected chi connectivity index (χ4v) is 5.45. The molecule has 1 saturated heterocycles. The number of quaternary nitrogens is 2. The largest absolute Gasteiger partial charge is 0.477 e. The SMILES string of the molecule is C=CC[N+]1(CC=C)CC(CS(=O)(=O)O)C(CS(=O)(=O)O)C1.C[N+](C)(C)CC(=O)O. The van der Waals surface area contributed by atoms with Crippen LogP contribution < -0.4 is 0 Å². The minimum atomic E-state index is -4.21. The summed E-state index contributed by atoms with van der Waals surface area (Å²) in [6, 6.07) is 0. The van der Waals surface area contributed by atoms with Crippen LogP contribution in [0.15, 0.2) is 25.3 Å². The van der Waals surface area contributed by atoms with Gasteiger partial charge in [0.1, 0.15) is 0 Å². The highest BCUT2D eigenvalue weighted by Crippen LogP contribution is 2.32. The van der Waals surface area contributed by atoms with Crippen molar-refractivity contribution in [3.63, 3.8) is 0 Å². The van der Waals surface area contributed by atoms with Crippen LogP contribution in [0.5, 0.6) is 0 Å². The van der Waals surface area contributed by atoms with Gasteiger partial charge in [-0.3, -0.25) is 9.11 Å². The summed E-state index contributed by atoms with van der Waals surface area (Å²) in [5, 5.41) is 8.23. The maximum Gasteiger partial charge on any atom is 0.359 e. The average molecular weight is 459 g/mol. The van der Waals surface area contributed by atoms with Crippen molar-refractivity contribution in [1.82, 2.24) is 0 Å². The Balaban J connectivity index is 0.000000828. The molecular weight excluding hydrogens is 424 g/mol. The number of carboxylic acids is 1. The molecule has 1 rings (SSSR count). The molecule has 1 aliphatic rings. The highest BCUT2D eigenvalue weighted by Gasteiger charge is 2.46. The third-order valence-corrected chi connectivity index (χ3v) is 6.10. The van der Waals surface area contributed by atoms with Crippen molar-refractivity contribution in [2.45, 2.75) is 0 Å². The van der Waals surface area contributed by atoms with Crippen LogP contribution in [0.4, 0.5) is 0 Å². The summed E-state index contributed by atoms with van der Waals surface area (Å²) in [6.07, 6.45) is 3.37. The highest BCUT2D eigenvalue weighted by atomic mass is 32.2. The molecule has 2 atom stereocenters. The van der Waals surface area contributed by atoms with Crippen molar-refractivity contribution < 1.29 is 44.8 Å². The molecule has 10 nitrogen and oxygen atoms in total. The first-order valence-corrected chi connectivity index (χ1v) is 12.1. The van der Waals surface area contributed by atoms with Gasteiger partial charge in [0.05, 0.1) is 58.8 Å². The Hall–Kier alpha value is -1.31. The number of carbonyl (C=O) groups is 1. The molecule has 1 heterocycles. The topological polar surface area (TPSA) is 146 Å². The molecule has 0 aliphatic carbocycles. The maximum absolute atomic E-state index is 11.1. The van der Waals surface area contributed by atoms with Crippen LogP contribution in [0.1, 0.15) is 0 Å². The summed E-state index contributed by atoms with van der Waals surface area (Å²) < 4.78 is 63.5. The van der Waals surface area contributed by atoms with Crippen LogP contribution in [0.2, 0.25) is 0 Å². The summed E-state index contributed by atoms with van der Waals surface area (Å²) >= 11 is 0. The van der Waals surface area contributed by atoms with Crippen LogP contribution >= 0.6 is 0 Å². The normalized spacial score (nSPS) is 21.7. The van der Waals surface area contributed by atoms with Gasteiger partial charge in [-0.2, -0.15) is 16.8 Å². The van der Waals surface area contributed by atoms with E-state index in [-0.39, 0.29) is 6.54 Å². The van der Waals surface area contributed by atoms with E-state index in [9.17, 15) is 21.6 Å². The smallest absolute Gasteiger partial charge is 0.359 e. The minimum Gasteiger partial charge on any atom is -0.477 e. The predicted octanol–water partition coefficient (Wildman–Crippen LogP) is -0.0260. The first kappa shape index (κ1) is 27.7. The molecule has 0 amide bonds. The van der Waals surface area contributed by atoms with E-state index in [0.29, 0.717) is 35.1 Å². The molecule has 1 fully saturated rings. The lowest BCUT2D eigenvalue weighted by atomic mass is 10.0. The second kappa shape index (κ2) is 10.6. The number of nitrogens with zero attached hydrogens (tertiary/aromatic N) is 2. The Morgan fingerprint density at radius 2 is 1.31 bits per heavy atom. The molecule has 0 radical (unpaired) electrons. The fraction of sp³-hybridized carbons (Fsp3) is 0.706. The number of carboxylic acid groups (broad SMARTS) is 1. The standard InChI is InChI=1S/C12H21NO6S2.C5H11NO2/c1-3-5-13(6-4-2)7-11(9-20(14,15)16)12(8-13)10-21(17,18)19;1-6(2,3)4-5(7)8/h3-4,11-12H,1-2,5-10H2,(H-,14,15,16,17,18,19);4H2,1-3H3/p+2.